The van der Waals surface area contributed by atoms with Crippen molar-refractivity contribution in [3.05, 3.63) is 66.5 Å². The summed E-state index contributed by atoms with van der Waals surface area (Å²) in [5.41, 5.74) is 11.2. The molecule has 3 N–H and O–H groups in total. The van der Waals surface area contributed by atoms with Crippen molar-refractivity contribution in [1.29, 1.82) is 0 Å². The number of hydrogen-bond donors (Lipinski definition) is 3. The largest absolute Gasteiger partial charge is 0.497 e. The molecule has 27 heavy (non-hydrogen) atoms. The van der Waals surface area contributed by atoms with Gasteiger partial charge in [0.2, 0.25) is 0 Å². The predicted octanol–water partition coefficient (Wildman–Crippen LogP) is 3.49. The quantitative estimate of drug-likeness (QED) is 0.518. The van der Waals surface area contributed by atoms with Gasteiger partial charge in [0, 0.05) is 28.9 Å². The van der Waals surface area contributed by atoms with Crippen LogP contribution in [0.15, 0.2) is 60.9 Å². The first-order chi connectivity index (χ1) is 13.3. The summed E-state index contributed by atoms with van der Waals surface area (Å²) in [6.07, 6.45) is 3.78. The highest BCUT2D eigenvalue weighted by Crippen LogP contribution is 2.32. The Balaban J connectivity index is 1.49. The van der Waals surface area contributed by atoms with E-state index in [4.69, 9.17) is 9.72 Å². The smallest absolute Gasteiger partial charge is 0.170 e. The number of ether oxygens (including phenoxy) is 1. The van der Waals surface area contributed by atoms with Gasteiger partial charge in [0.1, 0.15) is 11.4 Å². The molecule has 7 nitrogen and oxygen atoms in total. The minimum Gasteiger partial charge on any atom is -0.497 e. The first kappa shape index (κ1) is 15.7. The number of methoxy groups -OCH3 is 1. The average molecular weight is 358 g/mol. The number of aromatic nitrogens is 3. The molecule has 0 fully saturated rings. The number of fused-ring (bicyclic) bond motifs is 2. The van der Waals surface area contributed by atoms with Crippen molar-refractivity contribution in [2.24, 2.45) is 0 Å². The Morgan fingerprint density at radius 3 is 3.00 bits per heavy atom. The van der Waals surface area contributed by atoms with E-state index in [2.05, 4.69) is 27.0 Å². The second kappa shape index (κ2) is 6.30. The van der Waals surface area contributed by atoms with Crippen molar-refractivity contribution >= 4 is 22.5 Å². The van der Waals surface area contributed by atoms with Gasteiger partial charge in [0.25, 0.3) is 0 Å². The zero-order valence-electron chi connectivity index (χ0n) is 14.7. The monoisotopic (exact) mass is 358 g/mol. The molecule has 1 aromatic carbocycles. The number of hydrazine groups is 2. The maximum Gasteiger partial charge on any atom is 0.170 e. The van der Waals surface area contributed by atoms with Crippen LogP contribution in [0.25, 0.3) is 22.3 Å². The van der Waals surface area contributed by atoms with Gasteiger partial charge in [-0.25, -0.2) is 9.97 Å². The number of anilines is 2. The summed E-state index contributed by atoms with van der Waals surface area (Å²) in [5, 5.41) is 3.10. The number of hydrogen-bond acceptors (Lipinski definition) is 6. The highest BCUT2D eigenvalue weighted by Gasteiger charge is 2.22. The summed E-state index contributed by atoms with van der Waals surface area (Å²) in [5.74, 6) is 1.67. The van der Waals surface area contributed by atoms with Gasteiger partial charge in [0.05, 0.1) is 25.0 Å². The summed E-state index contributed by atoms with van der Waals surface area (Å²) in [6.45, 7) is 0.653. The lowest BCUT2D eigenvalue weighted by molar-refractivity contribution is 0.415. The molecule has 1 aliphatic heterocycles. The van der Waals surface area contributed by atoms with E-state index in [9.17, 15) is 0 Å². The summed E-state index contributed by atoms with van der Waals surface area (Å²) < 4.78 is 5.33. The molecule has 7 heteroatoms. The Kier molecular flexibility index (Phi) is 3.65. The van der Waals surface area contributed by atoms with Gasteiger partial charge >= 0.3 is 0 Å². The molecule has 134 valence electrons. The predicted molar refractivity (Wildman–Crippen MR) is 105 cm³/mol. The second-order valence-corrected chi connectivity index (χ2v) is 6.34. The fraction of sp³-hybridized carbons (Fsp3) is 0.100. The van der Waals surface area contributed by atoms with Crippen LogP contribution in [-0.2, 0) is 6.54 Å². The van der Waals surface area contributed by atoms with Gasteiger partial charge in [0.15, 0.2) is 5.82 Å². The topological polar surface area (TPSA) is 78.1 Å². The van der Waals surface area contributed by atoms with E-state index in [0.29, 0.717) is 6.54 Å². The third kappa shape index (κ3) is 2.74. The fourth-order valence-corrected chi connectivity index (χ4v) is 3.30. The zero-order valence-corrected chi connectivity index (χ0v) is 14.7. The maximum absolute atomic E-state index is 5.33. The van der Waals surface area contributed by atoms with Crippen LogP contribution in [0.4, 0.5) is 11.5 Å². The van der Waals surface area contributed by atoms with E-state index >= 15 is 0 Å². The highest BCUT2D eigenvalue weighted by atomic mass is 16.5. The van der Waals surface area contributed by atoms with E-state index < -0.39 is 0 Å². The lowest BCUT2D eigenvalue weighted by atomic mass is 10.1. The molecule has 0 bridgehead atoms. The van der Waals surface area contributed by atoms with E-state index in [1.807, 2.05) is 53.7 Å². The lowest BCUT2D eigenvalue weighted by Crippen LogP contribution is -2.35. The highest BCUT2D eigenvalue weighted by molar-refractivity contribution is 5.80. The second-order valence-electron chi connectivity index (χ2n) is 6.34. The van der Waals surface area contributed by atoms with Crippen LogP contribution >= 0.6 is 0 Å². The number of rotatable bonds is 4. The first-order valence-electron chi connectivity index (χ1n) is 8.67. The van der Waals surface area contributed by atoms with Crippen molar-refractivity contribution in [3.8, 4) is 17.0 Å². The summed E-state index contributed by atoms with van der Waals surface area (Å²) in [4.78, 5) is 12.4. The van der Waals surface area contributed by atoms with Gasteiger partial charge in [-0.2, -0.15) is 0 Å². The zero-order chi connectivity index (χ0) is 18.2. The molecular formula is C20H18N6O. The number of H-pyrrole nitrogens is 1. The Morgan fingerprint density at radius 2 is 2.07 bits per heavy atom. The number of pyridine rings is 2. The Hall–Kier alpha value is -3.58. The summed E-state index contributed by atoms with van der Waals surface area (Å²) in [6, 6.07) is 16.0. The molecule has 0 radical (unpaired) electrons. The molecule has 0 saturated heterocycles. The van der Waals surface area contributed by atoms with Crippen LogP contribution in [0.2, 0.25) is 0 Å². The van der Waals surface area contributed by atoms with Crippen LogP contribution in [0.5, 0.6) is 5.75 Å². The van der Waals surface area contributed by atoms with Crippen molar-refractivity contribution in [2.75, 3.05) is 17.5 Å². The number of aromatic amines is 1. The standard InChI is InChI=1S/C20H18N6O/c1-27-15-5-2-4-13(10-15)17-7-8-18-20(23-17)26(25-24-18)12-14-11-22-19-16(14)6-3-9-21-19/h2-11,24-25H,12H2,1H3,(H,21,22). The van der Waals surface area contributed by atoms with E-state index in [-0.39, 0.29) is 0 Å². The SMILES string of the molecule is COc1cccc(-c2ccc3c(n2)N(Cc2c[nH]c4ncccc24)NN3)c1. The molecule has 5 rings (SSSR count). The number of nitrogens with zero attached hydrogens (tertiary/aromatic N) is 3. The Labute approximate surface area is 156 Å². The van der Waals surface area contributed by atoms with E-state index in [1.54, 1.807) is 13.3 Å². The van der Waals surface area contributed by atoms with Crippen LogP contribution < -0.4 is 20.7 Å². The molecule has 4 heterocycles. The molecule has 0 saturated carbocycles. The Bertz CT molecular complexity index is 1120. The van der Waals surface area contributed by atoms with Crippen LogP contribution in [-0.4, -0.2) is 22.1 Å². The molecule has 0 amide bonds. The molecular weight excluding hydrogens is 340 g/mol. The minimum absolute atomic E-state index is 0.653. The minimum atomic E-state index is 0.653. The lowest BCUT2D eigenvalue weighted by Gasteiger charge is -2.17. The van der Waals surface area contributed by atoms with Crippen molar-refractivity contribution in [2.45, 2.75) is 6.54 Å². The van der Waals surface area contributed by atoms with E-state index in [0.717, 1.165) is 45.1 Å². The molecule has 4 aromatic rings. The van der Waals surface area contributed by atoms with Gasteiger partial charge in [-0.3, -0.25) is 5.01 Å². The number of nitrogens with one attached hydrogen (secondary N) is 3. The van der Waals surface area contributed by atoms with Crippen molar-refractivity contribution < 1.29 is 4.74 Å². The van der Waals surface area contributed by atoms with Crippen LogP contribution in [0.1, 0.15) is 5.56 Å². The first-order valence-corrected chi connectivity index (χ1v) is 8.67. The van der Waals surface area contributed by atoms with Gasteiger partial charge in [-0.15, -0.1) is 5.53 Å². The Morgan fingerprint density at radius 1 is 1.11 bits per heavy atom. The summed E-state index contributed by atoms with van der Waals surface area (Å²) >= 11 is 0. The molecule has 1 aliphatic rings. The maximum atomic E-state index is 5.33. The third-order valence-electron chi connectivity index (χ3n) is 4.69. The number of benzene rings is 1. The van der Waals surface area contributed by atoms with E-state index in [1.165, 1.54) is 0 Å². The average Bonchev–Trinajstić information content (AvgIpc) is 3.32. The van der Waals surface area contributed by atoms with Crippen LogP contribution in [0.3, 0.4) is 0 Å². The van der Waals surface area contributed by atoms with Crippen LogP contribution in [0, 0.1) is 0 Å². The van der Waals surface area contributed by atoms with Gasteiger partial charge in [-0.05, 0) is 36.4 Å². The molecule has 0 spiro atoms. The third-order valence-corrected chi connectivity index (χ3v) is 4.69. The molecule has 0 unspecified atom stereocenters. The molecule has 0 aliphatic carbocycles. The normalized spacial score (nSPS) is 12.9. The fourth-order valence-electron chi connectivity index (χ4n) is 3.30. The summed E-state index contributed by atoms with van der Waals surface area (Å²) in [7, 11) is 1.67. The van der Waals surface area contributed by atoms with Gasteiger partial charge < -0.3 is 15.1 Å². The molecule has 0 atom stereocenters. The molecule has 3 aromatic heterocycles. The van der Waals surface area contributed by atoms with Crippen molar-refractivity contribution in [1.82, 2.24) is 20.5 Å². The van der Waals surface area contributed by atoms with Crippen molar-refractivity contribution in [3.63, 3.8) is 0 Å². The van der Waals surface area contributed by atoms with Gasteiger partial charge in [-0.1, -0.05) is 12.1 Å².